The van der Waals surface area contributed by atoms with Crippen molar-refractivity contribution in [2.45, 2.75) is 27.2 Å². The van der Waals surface area contributed by atoms with E-state index in [2.05, 4.69) is 87.2 Å². The summed E-state index contributed by atoms with van der Waals surface area (Å²) in [6.45, 7) is 6.40. The number of hydrogen-bond acceptors (Lipinski definition) is 0. The van der Waals surface area contributed by atoms with Crippen LogP contribution in [0.1, 0.15) is 31.9 Å². The lowest BCUT2D eigenvalue weighted by Crippen LogP contribution is -1.84. The molecule has 0 bridgehead atoms. The Bertz CT molecular complexity index is 666. The molecule has 0 aliphatic heterocycles. The van der Waals surface area contributed by atoms with Gasteiger partial charge >= 0.3 is 0 Å². The second kappa shape index (κ2) is 7.47. The van der Waals surface area contributed by atoms with Gasteiger partial charge in [-0.15, -0.1) is 5.73 Å². The Balaban J connectivity index is 2.18. The molecule has 0 spiro atoms. The van der Waals surface area contributed by atoms with Crippen LogP contribution in [0.3, 0.4) is 0 Å². The van der Waals surface area contributed by atoms with Crippen LogP contribution in [-0.2, 0) is 6.42 Å². The van der Waals surface area contributed by atoms with E-state index in [-0.39, 0.29) is 0 Å². The van der Waals surface area contributed by atoms with Gasteiger partial charge in [-0.25, -0.2) is 0 Å². The fraction of sp³-hybridized carbons (Fsp3) is 0.190. The molecule has 21 heavy (non-hydrogen) atoms. The maximum absolute atomic E-state index is 3.50. The van der Waals surface area contributed by atoms with Crippen LogP contribution < -0.4 is 0 Å². The molecule has 0 unspecified atom stereocenters. The van der Waals surface area contributed by atoms with E-state index in [1.165, 1.54) is 27.8 Å². The third-order valence-electron chi connectivity index (χ3n) is 3.66. The molecule has 0 aromatic heterocycles. The highest BCUT2D eigenvalue weighted by atomic mass is 14.0. The molecule has 0 amide bonds. The van der Waals surface area contributed by atoms with E-state index in [0.29, 0.717) is 0 Å². The molecule has 0 atom stereocenters. The third kappa shape index (κ3) is 4.63. The van der Waals surface area contributed by atoms with Gasteiger partial charge in [0.1, 0.15) is 0 Å². The van der Waals surface area contributed by atoms with Gasteiger partial charge < -0.3 is 0 Å². The van der Waals surface area contributed by atoms with Crippen molar-refractivity contribution < 1.29 is 0 Å². The number of rotatable bonds is 4. The molecule has 0 heterocycles. The van der Waals surface area contributed by atoms with Crippen LogP contribution in [0.15, 0.2) is 83.6 Å². The first-order valence-electron chi connectivity index (χ1n) is 7.37. The van der Waals surface area contributed by atoms with E-state index in [4.69, 9.17) is 0 Å². The molecule has 0 saturated carbocycles. The van der Waals surface area contributed by atoms with Crippen molar-refractivity contribution in [2.75, 3.05) is 0 Å². The first-order valence-corrected chi connectivity index (χ1v) is 7.37. The molecule has 0 aliphatic rings. The van der Waals surface area contributed by atoms with Gasteiger partial charge in [-0.1, -0.05) is 66.7 Å². The molecule has 0 saturated heterocycles. The topological polar surface area (TPSA) is 0 Å². The first kappa shape index (κ1) is 15.1. The van der Waals surface area contributed by atoms with Gasteiger partial charge in [0.15, 0.2) is 0 Å². The van der Waals surface area contributed by atoms with Gasteiger partial charge in [-0.3, -0.25) is 0 Å². The summed E-state index contributed by atoms with van der Waals surface area (Å²) in [5.41, 5.74) is 9.74. The molecule has 2 rings (SSSR count). The summed E-state index contributed by atoms with van der Waals surface area (Å²) < 4.78 is 0. The smallest absolute Gasteiger partial charge is 0.00161 e. The van der Waals surface area contributed by atoms with E-state index in [1.807, 2.05) is 6.07 Å². The van der Waals surface area contributed by atoms with E-state index in [1.54, 1.807) is 0 Å². The molecule has 0 aliphatic carbocycles. The molecule has 0 heteroatoms. The Hall–Kier alpha value is -2.30. The third-order valence-corrected chi connectivity index (χ3v) is 3.66. The lowest BCUT2D eigenvalue weighted by atomic mass is 10.0. The predicted octanol–water partition coefficient (Wildman–Crippen LogP) is 5.82. The Kier molecular flexibility index (Phi) is 5.37. The normalized spacial score (nSPS) is 10.9. The average Bonchev–Trinajstić information content (AvgIpc) is 2.54. The van der Waals surface area contributed by atoms with Crippen molar-refractivity contribution in [1.29, 1.82) is 0 Å². The van der Waals surface area contributed by atoms with Crippen molar-refractivity contribution in [1.82, 2.24) is 0 Å². The van der Waals surface area contributed by atoms with Crippen molar-refractivity contribution in [3.05, 3.63) is 94.7 Å². The maximum Gasteiger partial charge on any atom is -0.00161 e. The summed E-state index contributed by atoms with van der Waals surface area (Å²) in [6.07, 6.45) is 3.24. The van der Waals surface area contributed by atoms with Crippen molar-refractivity contribution >= 4 is 5.57 Å². The fourth-order valence-electron chi connectivity index (χ4n) is 2.18. The summed E-state index contributed by atoms with van der Waals surface area (Å²) >= 11 is 0. The van der Waals surface area contributed by atoms with Crippen molar-refractivity contribution in [2.24, 2.45) is 0 Å². The Morgan fingerprint density at radius 1 is 0.857 bits per heavy atom. The minimum Gasteiger partial charge on any atom is -0.114 e. The first-order chi connectivity index (χ1) is 10.2. The molecule has 2 aromatic carbocycles. The summed E-state index contributed by atoms with van der Waals surface area (Å²) in [4.78, 5) is 0. The quantitative estimate of drug-likeness (QED) is 0.486. The van der Waals surface area contributed by atoms with Crippen LogP contribution in [0.4, 0.5) is 0 Å². The van der Waals surface area contributed by atoms with E-state index in [9.17, 15) is 0 Å². The Morgan fingerprint density at radius 3 is 2.05 bits per heavy atom. The molecule has 2 aromatic rings. The van der Waals surface area contributed by atoms with Gasteiger partial charge in [0.05, 0.1) is 0 Å². The molecule has 0 N–H and O–H groups in total. The molecular formula is C21H22. The molecular weight excluding hydrogens is 252 g/mol. The Morgan fingerprint density at radius 2 is 1.43 bits per heavy atom. The summed E-state index contributed by atoms with van der Waals surface area (Å²) in [6, 6.07) is 21.0. The lowest BCUT2D eigenvalue weighted by molar-refractivity contribution is 1.21. The van der Waals surface area contributed by atoms with Crippen molar-refractivity contribution in [3.8, 4) is 0 Å². The molecule has 0 nitrogen and oxygen atoms in total. The summed E-state index contributed by atoms with van der Waals surface area (Å²) in [7, 11) is 0. The lowest BCUT2D eigenvalue weighted by Gasteiger charge is -2.02. The zero-order valence-corrected chi connectivity index (χ0v) is 13.1. The molecule has 106 valence electrons. The van der Waals surface area contributed by atoms with Gasteiger partial charge in [0, 0.05) is 0 Å². The van der Waals surface area contributed by atoms with E-state index >= 15 is 0 Å². The minimum atomic E-state index is 0.968. The van der Waals surface area contributed by atoms with Gasteiger partial charge in [0.2, 0.25) is 0 Å². The highest BCUT2D eigenvalue weighted by molar-refractivity contribution is 5.64. The predicted molar refractivity (Wildman–Crippen MR) is 92.1 cm³/mol. The zero-order chi connectivity index (χ0) is 15.1. The number of benzene rings is 2. The van der Waals surface area contributed by atoms with E-state index in [0.717, 1.165) is 6.42 Å². The van der Waals surface area contributed by atoms with Gasteiger partial charge in [-0.2, -0.15) is 0 Å². The summed E-state index contributed by atoms with van der Waals surface area (Å²) in [5, 5.41) is 0. The van der Waals surface area contributed by atoms with Crippen LogP contribution in [-0.4, -0.2) is 0 Å². The molecule has 0 radical (unpaired) electrons. The van der Waals surface area contributed by atoms with Crippen molar-refractivity contribution in [3.63, 3.8) is 0 Å². The monoisotopic (exact) mass is 274 g/mol. The second-order valence-corrected chi connectivity index (χ2v) is 5.32. The number of hydrogen-bond donors (Lipinski definition) is 0. The summed E-state index contributed by atoms with van der Waals surface area (Å²) in [5.74, 6) is 0. The van der Waals surface area contributed by atoms with Crippen LogP contribution >= 0.6 is 0 Å². The van der Waals surface area contributed by atoms with Crippen LogP contribution in [0, 0.1) is 0 Å². The maximum atomic E-state index is 3.50. The van der Waals surface area contributed by atoms with E-state index < -0.39 is 0 Å². The second-order valence-electron chi connectivity index (χ2n) is 5.32. The van der Waals surface area contributed by atoms with Gasteiger partial charge in [0.25, 0.3) is 0 Å². The Labute approximate surface area is 128 Å². The van der Waals surface area contributed by atoms with Crippen LogP contribution in [0.2, 0.25) is 0 Å². The zero-order valence-electron chi connectivity index (χ0n) is 13.1. The van der Waals surface area contributed by atoms with Crippen LogP contribution in [0.5, 0.6) is 0 Å². The largest absolute Gasteiger partial charge is 0.114 e. The minimum absolute atomic E-state index is 0.968. The SMILES string of the molecule is CC(=C=C(C)c1ccccc1)/C(C)=C\Cc1ccccc1. The number of allylic oxidation sites excluding steroid dienone is 3. The highest BCUT2D eigenvalue weighted by Gasteiger charge is 1.96. The van der Waals surface area contributed by atoms with Crippen LogP contribution in [0.25, 0.3) is 5.57 Å². The van der Waals surface area contributed by atoms with Gasteiger partial charge in [-0.05, 0) is 55.0 Å². The average molecular weight is 274 g/mol. The standard InChI is InChI=1S/C21H22/c1-17(14-15-20-10-6-4-7-11-20)18(2)16-19(3)21-12-8-5-9-13-21/h4-14H,15H2,1-3H3/b17-14-. The molecule has 0 fully saturated rings. The highest BCUT2D eigenvalue weighted by Crippen LogP contribution is 2.15. The fourth-order valence-corrected chi connectivity index (χ4v) is 2.18.